The van der Waals surface area contributed by atoms with Crippen molar-refractivity contribution in [3.05, 3.63) is 12.2 Å². The van der Waals surface area contributed by atoms with E-state index >= 15 is 0 Å². The number of esters is 1. The Morgan fingerprint density at radius 1 is 1.89 bits per heavy atom. The molecule has 0 aliphatic carbocycles. The fourth-order valence-corrected chi connectivity index (χ4v) is 0.261. The zero-order valence-corrected chi connectivity index (χ0v) is 5.60. The van der Waals surface area contributed by atoms with Gasteiger partial charge in [0.05, 0.1) is 6.10 Å². The first-order valence-electron chi connectivity index (χ1n) is 4.11. The molecule has 1 atom stereocenters. The fraction of sp³-hybridized carbons (Fsp3) is 0.571. The van der Waals surface area contributed by atoms with Gasteiger partial charge in [-0.15, -0.1) is 0 Å². The van der Waals surface area contributed by atoms with Crippen molar-refractivity contribution in [2.45, 2.75) is 26.8 Å². The van der Waals surface area contributed by atoms with Gasteiger partial charge < -0.3 is 4.74 Å². The van der Waals surface area contributed by atoms with Gasteiger partial charge in [-0.1, -0.05) is 6.58 Å². The summed E-state index contributed by atoms with van der Waals surface area (Å²) < 4.78 is 25.3. The Bertz CT molecular complexity index is 195. The van der Waals surface area contributed by atoms with Crippen molar-refractivity contribution in [1.29, 1.82) is 0 Å². The first-order valence-corrected chi connectivity index (χ1v) is 2.61. The summed E-state index contributed by atoms with van der Waals surface area (Å²) in [7, 11) is 0. The van der Waals surface area contributed by atoms with E-state index in [0.29, 0.717) is 0 Å². The standard InChI is InChI=1S/C7H12O2/c1-5(2)7(8)9-6(3)4/h6H,1H2,2-4H3/i3D3. The molecular weight excluding hydrogens is 116 g/mol. The minimum atomic E-state index is -2.26. The molecule has 0 saturated carbocycles. The zero-order chi connectivity index (χ0) is 9.94. The highest BCUT2D eigenvalue weighted by Gasteiger charge is 2.03. The van der Waals surface area contributed by atoms with E-state index in [1.54, 1.807) is 0 Å². The second-order valence-corrected chi connectivity index (χ2v) is 1.83. The summed E-state index contributed by atoms with van der Waals surface area (Å²) in [5, 5.41) is 0. The van der Waals surface area contributed by atoms with Gasteiger partial charge in [-0.2, -0.15) is 0 Å². The summed E-state index contributed by atoms with van der Waals surface area (Å²) in [6.07, 6.45) is -1.08. The van der Waals surface area contributed by atoms with Crippen LogP contribution >= 0.6 is 0 Å². The maximum Gasteiger partial charge on any atom is 0.333 e. The van der Waals surface area contributed by atoms with Gasteiger partial charge in [0, 0.05) is 9.69 Å². The molecule has 0 rings (SSSR count). The summed E-state index contributed by atoms with van der Waals surface area (Å²) >= 11 is 0. The maximum atomic E-state index is 10.8. The summed E-state index contributed by atoms with van der Waals surface area (Å²) in [6.45, 7) is 3.87. The Morgan fingerprint density at radius 2 is 2.44 bits per heavy atom. The largest absolute Gasteiger partial charge is 0.460 e. The average molecular weight is 131 g/mol. The number of rotatable bonds is 2. The molecule has 0 heterocycles. The normalized spacial score (nSPS) is 18.7. The van der Waals surface area contributed by atoms with Crippen molar-refractivity contribution >= 4 is 5.97 Å². The second kappa shape index (κ2) is 3.28. The molecule has 0 amide bonds. The van der Waals surface area contributed by atoms with Crippen LogP contribution in [0, 0.1) is 0 Å². The SMILES string of the molecule is [2H]C([2H])([2H])C(C)OC(=O)C(=C)C. The molecule has 52 valence electrons. The Kier molecular flexibility index (Phi) is 1.49. The van der Waals surface area contributed by atoms with Gasteiger partial charge >= 0.3 is 5.97 Å². The van der Waals surface area contributed by atoms with Gasteiger partial charge in [-0.05, 0) is 20.7 Å². The van der Waals surface area contributed by atoms with Gasteiger partial charge in [-0.25, -0.2) is 4.79 Å². The Labute approximate surface area is 59.7 Å². The van der Waals surface area contributed by atoms with Crippen molar-refractivity contribution in [3.63, 3.8) is 0 Å². The van der Waals surface area contributed by atoms with Gasteiger partial charge in [0.2, 0.25) is 0 Å². The Hall–Kier alpha value is -0.790. The predicted molar refractivity (Wildman–Crippen MR) is 36.0 cm³/mol. The summed E-state index contributed by atoms with van der Waals surface area (Å²) in [4.78, 5) is 10.8. The smallest absolute Gasteiger partial charge is 0.333 e. The molecule has 0 bridgehead atoms. The number of hydrogen-bond donors (Lipinski definition) is 0. The highest BCUT2D eigenvalue weighted by atomic mass is 16.5. The van der Waals surface area contributed by atoms with Gasteiger partial charge in [0.25, 0.3) is 0 Å². The van der Waals surface area contributed by atoms with Crippen LogP contribution in [0.5, 0.6) is 0 Å². The summed E-state index contributed by atoms with van der Waals surface area (Å²) in [5.74, 6) is -0.668. The molecule has 0 radical (unpaired) electrons. The first kappa shape index (κ1) is 4.09. The quantitative estimate of drug-likeness (QED) is 0.419. The van der Waals surface area contributed by atoms with E-state index in [4.69, 9.17) is 4.11 Å². The average Bonchev–Trinajstić information content (AvgIpc) is 1.85. The van der Waals surface area contributed by atoms with Crippen LogP contribution in [0.1, 0.15) is 24.8 Å². The summed E-state index contributed by atoms with van der Waals surface area (Å²) in [6, 6.07) is 0. The predicted octanol–water partition coefficient (Wildman–Crippen LogP) is 1.51. The van der Waals surface area contributed by atoms with E-state index < -0.39 is 18.9 Å². The molecule has 2 nitrogen and oxygen atoms in total. The molecule has 0 saturated heterocycles. The fourth-order valence-electron chi connectivity index (χ4n) is 0.261. The molecule has 0 spiro atoms. The molecular formula is C7H12O2. The van der Waals surface area contributed by atoms with Crippen LogP contribution in [-0.2, 0) is 9.53 Å². The molecule has 0 N–H and O–H groups in total. The molecule has 9 heavy (non-hydrogen) atoms. The van der Waals surface area contributed by atoms with Crippen molar-refractivity contribution in [2.24, 2.45) is 0 Å². The monoisotopic (exact) mass is 131 g/mol. The van der Waals surface area contributed by atoms with Crippen molar-refractivity contribution in [3.8, 4) is 0 Å². The third-order valence-corrected chi connectivity index (χ3v) is 0.632. The van der Waals surface area contributed by atoms with Crippen LogP contribution in [0.15, 0.2) is 12.2 Å². The molecule has 0 aliphatic rings. The molecule has 0 aromatic rings. The van der Waals surface area contributed by atoms with E-state index in [1.807, 2.05) is 0 Å². The maximum absolute atomic E-state index is 10.8. The minimum absolute atomic E-state index is 0.200. The van der Waals surface area contributed by atoms with Gasteiger partial charge in [0.1, 0.15) is 0 Å². The topological polar surface area (TPSA) is 26.3 Å². The molecule has 1 unspecified atom stereocenters. The Morgan fingerprint density at radius 3 is 2.78 bits per heavy atom. The zero-order valence-electron chi connectivity index (χ0n) is 8.60. The third kappa shape index (κ3) is 3.76. The van der Waals surface area contributed by atoms with E-state index in [-0.39, 0.29) is 5.57 Å². The molecule has 0 aliphatic heterocycles. The lowest BCUT2D eigenvalue weighted by molar-refractivity contribution is -0.142. The van der Waals surface area contributed by atoms with Crippen molar-refractivity contribution in [2.75, 3.05) is 0 Å². The number of ether oxygens (including phenoxy) is 1. The van der Waals surface area contributed by atoms with Crippen molar-refractivity contribution < 1.29 is 13.6 Å². The van der Waals surface area contributed by atoms with Crippen LogP contribution in [0.4, 0.5) is 0 Å². The van der Waals surface area contributed by atoms with Crippen LogP contribution < -0.4 is 0 Å². The van der Waals surface area contributed by atoms with E-state index in [0.717, 1.165) is 0 Å². The van der Waals surface area contributed by atoms with Gasteiger partial charge in [0.15, 0.2) is 0 Å². The first-order chi connectivity index (χ1) is 5.25. The van der Waals surface area contributed by atoms with E-state index in [1.165, 1.54) is 13.8 Å². The highest BCUT2D eigenvalue weighted by Crippen LogP contribution is 1.95. The van der Waals surface area contributed by atoms with E-state index in [2.05, 4.69) is 11.3 Å². The second-order valence-electron chi connectivity index (χ2n) is 1.83. The number of carbonyl (C=O) groups excluding carboxylic acids is 1. The molecule has 0 aromatic carbocycles. The van der Waals surface area contributed by atoms with Crippen LogP contribution in [-0.4, -0.2) is 12.1 Å². The Balaban J connectivity index is 4.11. The number of carbonyl (C=O) groups is 1. The highest BCUT2D eigenvalue weighted by molar-refractivity contribution is 5.87. The van der Waals surface area contributed by atoms with Gasteiger partial charge in [-0.3, -0.25) is 0 Å². The van der Waals surface area contributed by atoms with Crippen molar-refractivity contribution in [1.82, 2.24) is 0 Å². The van der Waals surface area contributed by atoms with Crippen LogP contribution in [0.25, 0.3) is 0 Å². The number of hydrogen-bond acceptors (Lipinski definition) is 2. The molecule has 0 aromatic heterocycles. The lowest BCUT2D eigenvalue weighted by Crippen LogP contribution is -2.11. The van der Waals surface area contributed by atoms with Crippen LogP contribution in [0.3, 0.4) is 0 Å². The van der Waals surface area contributed by atoms with E-state index in [9.17, 15) is 4.79 Å². The lowest BCUT2D eigenvalue weighted by Gasteiger charge is -2.05. The summed E-state index contributed by atoms with van der Waals surface area (Å²) in [5.41, 5.74) is 0.200. The minimum Gasteiger partial charge on any atom is -0.460 e. The van der Waals surface area contributed by atoms with Crippen LogP contribution in [0.2, 0.25) is 0 Å². The lowest BCUT2D eigenvalue weighted by atomic mass is 10.3. The molecule has 2 heteroatoms. The third-order valence-electron chi connectivity index (χ3n) is 0.632. The molecule has 0 fully saturated rings.